The summed E-state index contributed by atoms with van der Waals surface area (Å²) in [6, 6.07) is 0. The second-order valence-corrected chi connectivity index (χ2v) is 7.15. The second kappa shape index (κ2) is 7.77. The molecule has 22 heavy (non-hydrogen) atoms. The monoisotopic (exact) mass is 322 g/mol. The van der Waals surface area contributed by atoms with Gasteiger partial charge < -0.3 is 11.1 Å². The molecule has 0 atom stereocenters. The number of hydrogen-bond donors (Lipinski definition) is 2. The van der Waals surface area contributed by atoms with E-state index >= 15 is 0 Å². The Morgan fingerprint density at radius 1 is 1.18 bits per heavy atom. The Hall–Kier alpha value is -1.36. The average molecular weight is 322 g/mol. The first-order valence-corrected chi connectivity index (χ1v) is 9.15. The first-order chi connectivity index (χ1) is 10.6. The fourth-order valence-electron chi connectivity index (χ4n) is 3.23. The van der Waals surface area contributed by atoms with Gasteiger partial charge in [-0.1, -0.05) is 26.7 Å². The largest absolute Gasteiger partial charge is 0.365 e. The Morgan fingerprint density at radius 3 is 2.41 bits per heavy atom. The maximum atomic E-state index is 12.5. The van der Waals surface area contributed by atoms with Crippen molar-refractivity contribution in [2.45, 2.75) is 65.2 Å². The predicted molar refractivity (Wildman–Crippen MR) is 91.4 cm³/mol. The topological polar surface area (TPSA) is 72.2 Å². The van der Waals surface area contributed by atoms with Crippen LogP contribution < -0.4 is 11.1 Å². The summed E-state index contributed by atoms with van der Waals surface area (Å²) in [6.45, 7) is 4.18. The number of hydrogen-bond acceptors (Lipinski definition) is 3. The molecule has 1 aliphatic carbocycles. The summed E-state index contributed by atoms with van der Waals surface area (Å²) >= 11 is 1.54. The van der Waals surface area contributed by atoms with Crippen molar-refractivity contribution < 1.29 is 9.59 Å². The number of aryl methyl sites for hydroxylation is 1. The number of primary amides is 1. The number of anilines is 1. The molecule has 0 aromatic carbocycles. The van der Waals surface area contributed by atoms with E-state index in [1.54, 1.807) is 0 Å². The zero-order valence-corrected chi connectivity index (χ0v) is 14.4. The van der Waals surface area contributed by atoms with Crippen molar-refractivity contribution in [3.8, 4) is 0 Å². The van der Waals surface area contributed by atoms with Gasteiger partial charge in [0.2, 0.25) is 5.91 Å². The van der Waals surface area contributed by atoms with E-state index in [0.717, 1.165) is 56.9 Å². The van der Waals surface area contributed by atoms with Crippen molar-refractivity contribution in [2.24, 2.45) is 11.7 Å². The van der Waals surface area contributed by atoms with Crippen LogP contribution in [0.5, 0.6) is 0 Å². The highest BCUT2D eigenvalue weighted by atomic mass is 32.1. The zero-order valence-electron chi connectivity index (χ0n) is 13.5. The quantitative estimate of drug-likeness (QED) is 0.799. The number of carbonyl (C=O) groups is 2. The molecule has 0 radical (unpaired) electrons. The second-order valence-electron chi connectivity index (χ2n) is 6.04. The molecule has 0 unspecified atom stereocenters. The Kier molecular flexibility index (Phi) is 6.00. The molecule has 2 rings (SSSR count). The first-order valence-electron chi connectivity index (χ1n) is 8.33. The minimum Gasteiger partial charge on any atom is -0.365 e. The molecule has 0 fully saturated rings. The van der Waals surface area contributed by atoms with Crippen molar-refractivity contribution >= 4 is 28.2 Å². The Balaban J connectivity index is 2.23. The van der Waals surface area contributed by atoms with Crippen LogP contribution in [0.15, 0.2) is 0 Å². The highest BCUT2D eigenvalue weighted by molar-refractivity contribution is 7.17. The summed E-state index contributed by atoms with van der Waals surface area (Å²) in [7, 11) is 0. The molecule has 1 aromatic rings. The van der Waals surface area contributed by atoms with Gasteiger partial charge >= 0.3 is 0 Å². The number of amides is 2. The molecule has 0 aliphatic heterocycles. The van der Waals surface area contributed by atoms with Crippen LogP contribution in [-0.2, 0) is 17.6 Å². The summed E-state index contributed by atoms with van der Waals surface area (Å²) in [5, 5.41) is 3.67. The van der Waals surface area contributed by atoms with Crippen LogP contribution in [0.4, 0.5) is 5.00 Å². The maximum Gasteiger partial charge on any atom is 0.251 e. The number of fused-ring (bicyclic) bond motifs is 1. The Bertz CT molecular complexity index is 545. The maximum absolute atomic E-state index is 12.5. The summed E-state index contributed by atoms with van der Waals surface area (Å²) in [5.41, 5.74) is 7.19. The van der Waals surface area contributed by atoms with E-state index in [2.05, 4.69) is 19.2 Å². The van der Waals surface area contributed by atoms with Crippen LogP contribution in [0.1, 0.15) is 73.2 Å². The number of nitrogens with one attached hydrogen (secondary N) is 1. The predicted octanol–water partition coefficient (Wildman–Crippen LogP) is 3.88. The molecule has 1 aromatic heterocycles. The average Bonchev–Trinajstić information content (AvgIpc) is 2.84. The summed E-state index contributed by atoms with van der Waals surface area (Å²) in [6.07, 6.45) is 7.87. The van der Waals surface area contributed by atoms with E-state index in [-0.39, 0.29) is 11.8 Å². The molecule has 3 N–H and O–H groups in total. The van der Waals surface area contributed by atoms with Crippen LogP contribution >= 0.6 is 11.3 Å². The number of carbonyl (C=O) groups excluding carboxylic acids is 2. The van der Waals surface area contributed by atoms with Gasteiger partial charge in [-0.05, 0) is 44.1 Å². The highest BCUT2D eigenvalue weighted by Gasteiger charge is 2.26. The first kappa shape index (κ1) is 17.0. The molecule has 4 nitrogen and oxygen atoms in total. The lowest BCUT2D eigenvalue weighted by Gasteiger charge is -2.15. The molecule has 0 saturated heterocycles. The lowest BCUT2D eigenvalue weighted by molar-refractivity contribution is -0.120. The number of thiophene rings is 1. The molecule has 122 valence electrons. The minimum atomic E-state index is -0.419. The summed E-state index contributed by atoms with van der Waals surface area (Å²) < 4.78 is 0. The highest BCUT2D eigenvalue weighted by Crippen LogP contribution is 2.38. The van der Waals surface area contributed by atoms with Crippen LogP contribution in [0.2, 0.25) is 0 Å². The van der Waals surface area contributed by atoms with Crippen LogP contribution in [0, 0.1) is 5.92 Å². The third kappa shape index (κ3) is 3.69. The molecule has 5 heteroatoms. The lowest BCUT2D eigenvalue weighted by Crippen LogP contribution is -2.24. The van der Waals surface area contributed by atoms with Crippen molar-refractivity contribution in [1.82, 2.24) is 0 Å². The SMILES string of the molecule is CCCC(CCC)C(=O)Nc1sc2c(c1C(N)=O)CCCC2. The van der Waals surface area contributed by atoms with Gasteiger partial charge in [0.25, 0.3) is 5.91 Å². The van der Waals surface area contributed by atoms with Crippen molar-refractivity contribution in [3.63, 3.8) is 0 Å². The van der Waals surface area contributed by atoms with E-state index in [0.29, 0.717) is 10.6 Å². The van der Waals surface area contributed by atoms with Gasteiger partial charge in [0.1, 0.15) is 5.00 Å². The van der Waals surface area contributed by atoms with Gasteiger partial charge in [0.05, 0.1) is 5.56 Å². The summed E-state index contributed by atoms with van der Waals surface area (Å²) in [5.74, 6) is -0.364. The molecule has 0 spiro atoms. The molecule has 1 aliphatic rings. The minimum absolute atomic E-state index is 0.0230. The van der Waals surface area contributed by atoms with E-state index in [1.807, 2.05) is 0 Å². The molecular weight excluding hydrogens is 296 g/mol. The van der Waals surface area contributed by atoms with Gasteiger partial charge in [0, 0.05) is 10.8 Å². The van der Waals surface area contributed by atoms with Gasteiger partial charge in [0.15, 0.2) is 0 Å². The molecule has 0 saturated carbocycles. The van der Waals surface area contributed by atoms with Gasteiger partial charge in [-0.2, -0.15) is 0 Å². The van der Waals surface area contributed by atoms with E-state index in [4.69, 9.17) is 5.73 Å². The standard InChI is InChI=1S/C17H26N2O2S/c1-3-7-11(8-4-2)16(21)19-17-14(15(18)20)12-9-5-6-10-13(12)22-17/h11H,3-10H2,1-2H3,(H2,18,20)(H,19,21). The fourth-order valence-corrected chi connectivity index (χ4v) is 4.53. The van der Waals surface area contributed by atoms with Gasteiger partial charge in [-0.15, -0.1) is 11.3 Å². The number of nitrogens with two attached hydrogens (primary N) is 1. The van der Waals surface area contributed by atoms with Crippen molar-refractivity contribution in [3.05, 3.63) is 16.0 Å². The fraction of sp³-hybridized carbons (Fsp3) is 0.647. The van der Waals surface area contributed by atoms with E-state index in [1.165, 1.54) is 16.2 Å². The lowest BCUT2D eigenvalue weighted by atomic mass is 9.95. The van der Waals surface area contributed by atoms with Gasteiger partial charge in [-0.25, -0.2) is 0 Å². The van der Waals surface area contributed by atoms with Crippen molar-refractivity contribution in [2.75, 3.05) is 5.32 Å². The van der Waals surface area contributed by atoms with E-state index in [9.17, 15) is 9.59 Å². The van der Waals surface area contributed by atoms with Crippen molar-refractivity contribution in [1.29, 1.82) is 0 Å². The zero-order chi connectivity index (χ0) is 16.1. The Labute approximate surface area is 136 Å². The van der Waals surface area contributed by atoms with E-state index < -0.39 is 5.91 Å². The van der Waals surface area contributed by atoms with Crippen LogP contribution in [0.25, 0.3) is 0 Å². The molecule has 0 bridgehead atoms. The summed E-state index contributed by atoms with van der Waals surface area (Å²) in [4.78, 5) is 25.6. The third-order valence-corrected chi connectivity index (χ3v) is 5.51. The molecule has 2 amide bonds. The number of rotatable bonds is 7. The van der Waals surface area contributed by atoms with Crippen LogP contribution in [-0.4, -0.2) is 11.8 Å². The molecule has 1 heterocycles. The van der Waals surface area contributed by atoms with Gasteiger partial charge in [-0.3, -0.25) is 9.59 Å². The smallest absolute Gasteiger partial charge is 0.251 e. The normalized spacial score (nSPS) is 14.0. The Morgan fingerprint density at radius 2 is 1.82 bits per heavy atom. The van der Waals surface area contributed by atoms with Crippen LogP contribution in [0.3, 0.4) is 0 Å². The third-order valence-electron chi connectivity index (χ3n) is 4.30. The molecular formula is C17H26N2O2S.